The van der Waals surface area contributed by atoms with E-state index in [1.807, 2.05) is 97.1 Å². The van der Waals surface area contributed by atoms with Crippen LogP contribution in [0.2, 0.25) is 0 Å². The van der Waals surface area contributed by atoms with E-state index < -0.39 is 5.92 Å². The van der Waals surface area contributed by atoms with Crippen LogP contribution >= 0.6 is 0 Å². The summed E-state index contributed by atoms with van der Waals surface area (Å²) in [4.78, 5) is 28.0. The van der Waals surface area contributed by atoms with Gasteiger partial charge in [0.05, 0.1) is 11.6 Å². The lowest BCUT2D eigenvalue weighted by molar-refractivity contribution is -0.121. The molecule has 1 aliphatic rings. The summed E-state index contributed by atoms with van der Waals surface area (Å²) in [6.45, 7) is 0.546. The Morgan fingerprint density at radius 2 is 1.43 bits per heavy atom. The van der Waals surface area contributed by atoms with E-state index in [0.717, 1.165) is 23.1 Å². The maximum Gasteiger partial charge on any atom is 0.265 e. The summed E-state index contributed by atoms with van der Waals surface area (Å²) in [6, 6.07) is 35.0. The Morgan fingerprint density at radius 3 is 2.06 bits per heavy atom. The molecule has 0 aliphatic carbocycles. The third kappa shape index (κ3) is 5.09. The number of carbonyl (C=O) groups is 2. The number of fused-ring (bicyclic) bond motifs is 1. The van der Waals surface area contributed by atoms with Crippen molar-refractivity contribution < 1.29 is 14.3 Å². The Bertz CT molecular complexity index is 1270. The van der Waals surface area contributed by atoms with E-state index in [1.54, 1.807) is 4.90 Å². The summed E-state index contributed by atoms with van der Waals surface area (Å²) in [7, 11) is 0. The molecule has 1 aliphatic heterocycles. The molecule has 0 bridgehead atoms. The van der Waals surface area contributed by atoms with Gasteiger partial charge in [-0.2, -0.15) is 0 Å². The standard InChI is InChI=1S/C30H26N2O3/c33-28-21-35-27-17-16-25(20-26(27)32(28)19-18-22-10-4-1-5-11-22)31-30(34)29(23-12-6-2-7-13-23)24-14-8-3-9-15-24/h1-17,20,29H,18-19,21H2,(H,31,34). The smallest absolute Gasteiger partial charge is 0.265 e. The first kappa shape index (κ1) is 22.4. The summed E-state index contributed by atoms with van der Waals surface area (Å²) < 4.78 is 5.66. The normalized spacial score (nSPS) is 12.7. The Balaban J connectivity index is 1.40. The molecular formula is C30H26N2O3. The quantitative estimate of drug-likeness (QED) is 0.399. The van der Waals surface area contributed by atoms with Crippen LogP contribution in [-0.4, -0.2) is 25.0 Å². The van der Waals surface area contributed by atoms with Crippen LogP contribution in [0, 0.1) is 0 Å². The number of nitrogens with one attached hydrogen (secondary N) is 1. The van der Waals surface area contributed by atoms with Gasteiger partial charge < -0.3 is 15.0 Å². The van der Waals surface area contributed by atoms with Crippen LogP contribution in [0.5, 0.6) is 5.75 Å². The lowest BCUT2D eigenvalue weighted by Crippen LogP contribution is -2.40. The molecule has 1 heterocycles. The number of carbonyl (C=O) groups excluding carboxylic acids is 2. The summed E-state index contributed by atoms with van der Waals surface area (Å²) in [6.07, 6.45) is 0.729. The van der Waals surface area contributed by atoms with Gasteiger partial charge in [0.15, 0.2) is 6.61 Å². The van der Waals surface area contributed by atoms with E-state index in [2.05, 4.69) is 17.4 Å². The Labute approximate surface area is 205 Å². The lowest BCUT2D eigenvalue weighted by atomic mass is 9.90. The fourth-order valence-electron chi connectivity index (χ4n) is 4.41. The molecule has 0 unspecified atom stereocenters. The lowest BCUT2D eigenvalue weighted by Gasteiger charge is -2.30. The molecular weight excluding hydrogens is 436 g/mol. The largest absolute Gasteiger partial charge is 0.482 e. The highest BCUT2D eigenvalue weighted by molar-refractivity contribution is 6.01. The number of hydrogen-bond donors (Lipinski definition) is 1. The molecule has 0 fully saturated rings. The van der Waals surface area contributed by atoms with Crippen LogP contribution in [0.15, 0.2) is 109 Å². The Morgan fingerprint density at radius 1 is 0.829 bits per heavy atom. The van der Waals surface area contributed by atoms with Gasteiger partial charge in [-0.15, -0.1) is 0 Å². The first-order valence-corrected chi connectivity index (χ1v) is 11.7. The van der Waals surface area contributed by atoms with Gasteiger partial charge in [0.25, 0.3) is 5.91 Å². The van der Waals surface area contributed by atoms with E-state index in [-0.39, 0.29) is 18.4 Å². The van der Waals surface area contributed by atoms with Crippen LogP contribution in [0.1, 0.15) is 22.6 Å². The number of nitrogens with zero attached hydrogens (tertiary/aromatic N) is 1. The van der Waals surface area contributed by atoms with Gasteiger partial charge in [-0.25, -0.2) is 0 Å². The number of anilines is 2. The second kappa shape index (κ2) is 10.3. The van der Waals surface area contributed by atoms with Crippen molar-refractivity contribution in [3.8, 4) is 5.75 Å². The van der Waals surface area contributed by atoms with Crippen molar-refractivity contribution in [2.75, 3.05) is 23.4 Å². The van der Waals surface area contributed by atoms with Gasteiger partial charge in [-0.1, -0.05) is 91.0 Å². The van der Waals surface area contributed by atoms with Crippen LogP contribution in [0.25, 0.3) is 0 Å². The van der Waals surface area contributed by atoms with Crippen molar-refractivity contribution in [2.45, 2.75) is 12.3 Å². The molecule has 0 atom stereocenters. The van der Waals surface area contributed by atoms with Crippen molar-refractivity contribution in [2.24, 2.45) is 0 Å². The van der Waals surface area contributed by atoms with Gasteiger partial charge in [-0.05, 0) is 41.3 Å². The van der Waals surface area contributed by atoms with E-state index in [9.17, 15) is 9.59 Å². The zero-order valence-corrected chi connectivity index (χ0v) is 19.3. The van der Waals surface area contributed by atoms with Gasteiger partial charge in [-0.3, -0.25) is 9.59 Å². The minimum Gasteiger partial charge on any atom is -0.482 e. The fraction of sp³-hybridized carbons (Fsp3) is 0.133. The topological polar surface area (TPSA) is 58.6 Å². The minimum atomic E-state index is -0.458. The third-order valence-electron chi connectivity index (χ3n) is 6.16. The monoisotopic (exact) mass is 462 g/mol. The van der Waals surface area contributed by atoms with E-state index in [4.69, 9.17) is 4.74 Å². The first-order valence-electron chi connectivity index (χ1n) is 11.7. The number of benzene rings is 4. The third-order valence-corrected chi connectivity index (χ3v) is 6.16. The van der Waals surface area contributed by atoms with Gasteiger partial charge in [0.1, 0.15) is 5.75 Å². The number of amides is 2. The number of hydrogen-bond acceptors (Lipinski definition) is 3. The number of rotatable bonds is 7. The second-order valence-corrected chi connectivity index (χ2v) is 8.50. The zero-order valence-electron chi connectivity index (χ0n) is 19.3. The van der Waals surface area contributed by atoms with Gasteiger partial charge in [0, 0.05) is 12.2 Å². The summed E-state index contributed by atoms with van der Waals surface area (Å²) >= 11 is 0. The Kier molecular flexibility index (Phi) is 6.57. The van der Waals surface area contributed by atoms with Gasteiger partial charge >= 0.3 is 0 Å². The summed E-state index contributed by atoms with van der Waals surface area (Å²) in [5.41, 5.74) is 4.28. The van der Waals surface area contributed by atoms with Crippen LogP contribution in [0.3, 0.4) is 0 Å². The molecule has 4 aromatic carbocycles. The average molecular weight is 463 g/mol. The minimum absolute atomic E-state index is 0.0115. The maximum atomic E-state index is 13.5. The molecule has 2 amide bonds. The molecule has 0 saturated heterocycles. The second-order valence-electron chi connectivity index (χ2n) is 8.50. The average Bonchev–Trinajstić information content (AvgIpc) is 2.90. The molecule has 5 heteroatoms. The van der Waals surface area contributed by atoms with Crippen LogP contribution < -0.4 is 15.0 Å². The van der Waals surface area contributed by atoms with Gasteiger partial charge in [0.2, 0.25) is 5.91 Å². The van der Waals surface area contributed by atoms with Crippen molar-refractivity contribution in [3.05, 3.63) is 126 Å². The fourth-order valence-corrected chi connectivity index (χ4v) is 4.41. The molecule has 0 radical (unpaired) electrons. The molecule has 0 saturated carbocycles. The Hall–Kier alpha value is -4.38. The van der Waals surface area contributed by atoms with Crippen molar-refractivity contribution in [3.63, 3.8) is 0 Å². The summed E-state index contributed by atoms with van der Waals surface area (Å²) in [5.74, 6) is -0.0524. The molecule has 35 heavy (non-hydrogen) atoms. The van der Waals surface area contributed by atoms with E-state index in [0.29, 0.717) is 23.7 Å². The predicted octanol–water partition coefficient (Wildman–Crippen LogP) is 5.43. The summed E-state index contributed by atoms with van der Waals surface area (Å²) in [5, 5.41) is 3.07. The van der Waals surface area contributed by atoms with Crippen LogP contribution in [0.4, 0.5) is 11.4 Å². The molecule has 174 valence electrons. The SMILES string of the molecule is O=C(Nc1ccc2c(c1)N(CCc1ccccc1)C(=O)CO2)C(c1ccccc1)c1ccccc1. The molecule has 5 rings (SSSR count). The molecule has 5 nitrogen and oxygen atoms in total. The highest BCUT2D eigenvalue weighted by atomic mass is 16.5. The first-order chi connectivity index (χ1) is 17.2. The zero-order chi connectivity index (χ0) is 24.0. The van der Waals surface area contributed by atoms with Crippen LogP contribution in [-0.2, 0) is 16.0 Å². The van der Waals surface area contributed by atoms with Crippen molar-refractivity contribution in [1.29, 1.82) is 0 Å². The molecule has 4 aromatic rings. The predicted molar refractivity (Wildman–Crippen MR) is 138 cm³/mol. The number of ether oxygens (including phenoxy) is 1. The van der Waals surface area contributed by atoms with Crippen molar-refractivity contribution >= 4 is 23.2 Å². The maximum absolute atomic E-state index is 13.5. The van der Waals surface area contributed by atoms with E-state index in [1.165, 1.54) is 0 Å². The van der Waals surface area contributed by atoms with Crippen molar-refractivity contribution in [1.82, 2.24) is 0 Å². The molecule has 1 N–H and O–H groups in total. The molecule has 0 aromatic heterocycles. The highest BCUT2D eigenvalue weighted by Gasteiger charge is 2.27. The highest BCUT2D eigenvalue weighted by Crippen LogP contribution is 2.35. The van der Waals surface area contributed by atoms with E-state index >= 15 is 0 Å². The molecule has 0 spiro atoms.